The molecule has 1 N–H and O–H groups in total. The van der Waals surface area contributed by atoms with Gasteiger partial charge in [0, 0.05) is 12.6 Å². The van der Waals surface area contributed by atoms with Crippen molar-refractivity contribution in [3.05, 3.63) is 35.6 Å². The monoisotopic (exact) mass is 277 g/mol. The highest BCUT2D eigenvalue weighted by atomic mass is 19.1. The molecule has 1 saturated carbocycles. The van der Waals surface area contributed by atoms with Crippen molar-refractivity contribution in [2.45, 2.75) is 50.7 Å². The SMILES string of the molecule is CCNC(c1ccc(F)cc1)C1CCOC2(CCC2)C1. The minimum absolute atomic E-state index is 0.161. The van der Waals surface area contributed by atoms with Gasteiger partial charge in [-0.3, -0.25) is 0 Å². The van der Waals surface area contributed by atoms with Gasteiger partial charge < -0.3 is 10.1 Å². The average Bonchev–Trinajstić information content (AvgIpc) is 2.44. The summed E-state index contributed by atoms with van der Waals surface area (Å²) in [7, 11) is 0. The van der Waals surface area contributed by atoms with Gasteiger partial charge in [0.15, 0.2) is 0 Å². The van der Waals surface area contributed by atoms with Crippen LogP contribution in [0, 0.1) is 11.7 Å². The van der Waals surface area contributed by atoms with Crippen molar-refractivity contribution in [2.24, 2.45) is 5.92 Å². The zero-order valence-corrected chi connectivity index (χ0v) is 12.2. The van der Waals surface area contributed by atoms with Crippen molar-refractivity contribution >= 4 is 0 Å². The van der Waals surface area contributed by atoms with E-state index < -0.39 is 0 Å². The molecule has 0 amide bonds. The molecule has 1 aromatic carbocycles. The van der Waals surface area contributed by atoms with Crippen molar-refractivity contribution in [1.29, 1.82) is 0 Å². The first-order valence-corrected chi connectivity index (χ1v) is 7.85. The summed E-state index contributed by atoms with van der Waals surface area (Å²) in [5.74, 6) is 0.431. The topological polar surface area (TPSA) is 21.3 Å². The van der Waals surface area contributed by atoms with Gasteiger partial charge >= 0.3 is 0 Å². The molecule has 1 aromatic rings. The van der Waals surface area contributed by atoms with Gasteiger partial charge in [0.25, 0.3) is 0 Å². The molecule has 1 spiro atoms. The van der Waals surface area contributed by atoms with E-state index in [1.54, 1.807) is 12.1 Å². The second-order valence-corrected chi connectivity index (χ2v) is 6.22. The van der Waals surface area contributed by atoms with Crippen LogP contribution in [0.3, 0.4) is 0 Å². The summed E-state index contributed by atoms with van der Waals surface area (Å²) in [6.07, 6.45) is 5.96. The lowest BCUT2D eigenvalue weighted by Crippen LogP contribution is -2.48. The molecule has 20 heavy (non-hydrogen) atoms. The van der Waals surface area contributed by atoms with Crippen molar-refractivity contribution in [3.8, 4) is 0 Å². The molecule has 2 aliphatic rings. The minimum Gasteiger partial charge on any atom is -0.375 e. The Morgan fingerprint density at radius 1 is 1.35 bits per heavy atom. The molecule has 110 valence electrons. The maximum Gasteiger partial charge on any atom is 0.123 e. The van der Waals surface area contributed by atoms with Gasteiger partial charge in [-0.2, -0.15) is 0 Å². The molecule has 0 radical (unpaired) electrons. The zero-order valence-electron chi connectivity index (χ0n) is 12.2. The van der Waals surface area contributed by atoms with Crippen LogP contribution in [0.15, 0.2) is 24.3 Å². The summed E-state index contributed by atoms with van der Waals surface area (Å²) in [5, 5.41) is 3.60. The van der Waals surface area contributed by atoms with E-state index in [2.05, 4.69) is 12.2 Å². The van der Waals surface area contributed by atoms with E-state index >= 15 is 0 Å². The molecule has 2 atom stereocenters. The molecular weight excluding hydrogens is 253 g/mol. The summed E-state index contributed by atoms with van der Waals surface area (Å²) in [4.78, 5) is 0. The molecule has 0 bridgehead atoms. The Balaban J connectivity index is 1.77. The third-order valence-electron chi connectivity index (χ3n) is 4.92. The fourth-order valence-electron chi connectivity index (χ4n) is 3.72. The van der Waals surface area contributed by atoms with Gasteiger partial charge in [0.1, 0.15) is 5.82 Å². The second-order valence-electron chi connectivity index (χ2n) is 6.22. The predicted octanol–water partition coefficient (Wildman–Crippen LogP) is 3.83. The van der Waals surface area contributed by atoms with Crippen LogP contribution in [0.5, 0.6) is 0 Å². The third-order valence-corrected chi connectivity index (χ3v) is 4.92. The van der Waals surface area contributed by atoms with Gasteiger partial charge in [0.05, 0.1) is 5.60 Å². The lowest BCUT2D eigenvalue weighted by molar-refractivity contribution is -0.147. The Hall–Kier alpha value is -0.930. The van der Waals surface area contributed by atoms with Crippen molar-refractivity contribution in [3.63, 3.8) is 0 Å². The third kappa shape index (κ3) is 2.75. The molecule has 3 heteroatoms. The standard InChI is InChI=1S/C17H24FNO/c1-2-19-16(13-4-6-15(18)7-5-13)14-8-11-20-17(12-14)9-3-10-17/h4-7,14,16,19H,2-3,8-12H2,1H3. The fourth-order valence-corrected chi connectivity index (χ4v) is 3.72. The molecule has 1 aliphatic carbocycles. The van der Waals surface area contributed by atoms with E-state index in [1.807, 2.05) is 12.1 Å². The number of nitrogens with one attached hydrogen (secondary N) is 1. The van der Waals surface area contributed by atoms with E-state index in [0.29, 0.717) is 12.0 Å². The highest BCUT2D eigenvalue weighted by molar-refractivity contribution is 5.21. The molecule has 2 nitrogen and oxygen atoms in total. The molecular formula is C17H24FNO. The van der Waals surface area contributed by atoms with Gasteiger partial charge in [0.2, 0.25) is 0 Å². The highest BCUT2D eigenvalue weighted by Gasteiger charge is 2.44. The number of halogens is 1. The van der Waals surface area contributed by atoms with Crippen molar-refractivity contribution in [2.75, 3.05) is 13.2 Å². The highest BCUT2D eigenvalue weighted by Crippen LogP contribution is 2.47. The molecule has 0 aromatic heterocycles. The van der Waals surface area contributed by atoms with E-state index in [9.17, 15) is 4.39 Å². The number of ether oxygens (including phenoxy) is 1. The normalized spacial score (nSPS) is 26.2. The summed E-state index contributed by atoms with van der Waals surface area (Å²) >= 11 is 0. The van der Waals surface area contributed by atoms with E-state index in [4.69, 9.17) is 4.74 Å². The molecule has 1 aliphatic heterocycles. The van der Waals surface area contributed by atoms with E-state index in [-0.39, 0.29) is 11.4 Å². The van der Waals surface area contributed by atoms with Crippen LogP contribution >= 0.6 is 0 Å². The summed E-state index contributed by atoms with van der Waals surface area (Å²) < 4.78 is 19.2. The van der Waals surface area contributed by atoms with E-state index in [0.717, 1.165) is 26.0 Å². The molecule has 3 rings (SSSR count). The number of hydrogen-bond acceptors (Lipinski definition) is 2. The van der Waals surface area contributed by atoms with Crippen molar-refractivity contribution < 1.29 is 9.13 Å². The largest absolute Gasteiger partial charge is 0.375 e. The molecule has 2 unspecified atom stereocenters. The summed E-state index contributed by atoms with van der Waals surface area (Å²) in [6.45, 7) is 3.94. The number of hydrogen-bond donors (Lipinski definition) is 1. The first-order valence-electron chi connectivity index (χ1n) is 7.85. The maximum absolute atomic E-state index is 13.1. The first-order chi connectivity index (χ1) is 9.72. The summed E-state index contributed by atoms with van der Waals surface area (Å²) in [5.41, 5.74) is 1.37. The average molecular weight is 277 g/mol. The Bertz CT molecular complexity index is 441. The van der Waals surface area contributed by atoms with Gasteiger partial charge in [-0.1, -0.05) is 19.1 Å². The fraction of sp³-hybridized carbons (Fsp3) is 0.647. The van der Waals surface area contributed by atoms with Crippen molar-refractivity contribution in [1.82, 2.24) is 5.32 Å². The Labute approximate surface area is 120 Å². The van der Waals surface area contributed by atoms with Crippen LogP contribution in [0.2, 0.25) is 0 Å². The quantitative estimate of drug-likeness (QED) is 0.903. The zero-order chi connectivity index (χ0) is 14.0. The van der Waals surface area contributed by atoms with Crippen LogP contribution in [-0.2, 0) is 4.74 Å². The minimum atomic E-state index is -0.161. The molecule has 1 heterocycles. The second kappa shape index (κ2) is 5.82. The lowest BCUT2D eigenvalue weighted by atomic mass is 9.69. The van der Waals surface area contributed by atoms with Gasteiger partial charge in [-0.15, -0.1) is 0 Å². The first kappa shape index (κ1) is 14.0. The summed E-state index contributed by atoms with van der Waals surface area (Å²) in [6, 6.07) is 7.30. The Kier molecular flexibility index (Phi) is 4.08. The Morgan fingerprint density at radius 2 is 2.10 bits per heavy atom. The van der Waals surface area contributed by atoms with E-state index in [1.165, 1.54) is 24.8 Å². The Morgan fingerprint density at radius 3 is 2.70 bits per heavy atom. The molecule has 1 saturated heterocycles. The van der Waals surface area contributed by atoms with Gasteiger partial charge in [-0.25, -0.2) is 4.39 Å². The van der Waals surface area contributed by atoms with Crippen LogP contribution in [0.1, 0.15) is 50.6 Å². The maximum atomic E-state index is 13.1. The van der Waals surface area contributed by atoms with Crippen LogP contribution in [0.4, 0.5) is 4.39 Å². The van der Waals surface area contributed by atoms with Gasteiger partial charge in [-0.05, 0) is 62.3 Å². The number of rotatable bonds is 4. The van der Waals surface area contributed by atoms with Crippen LogP contribution < -0.4 is 5.32 Å². The predicted molar refractivity (Wildman–Crippen MR) is 78.1 cm³/mol. The van der Waals surface area contributed by atoms with Crippen LogP contribution in [-0.4, -0.2) is 18.8 Å². The number of benzene rings is 1. The van der Waals surface area contributed by atoms with Crippen LogP contribution in [0.25, 0.3) is 0 Å². The molecule has 2 fully saturated rings. The smallest absolute Gasteiger partial charge is 0.123 e. The lowest BCUT2D eigenvalue weighted by Gasteiger charge is -2.49.